The summed E-state index contributed by atoms with van der Waals surface area (Å²) >= 11 is 5.45. The largest absolute Gasteiger partial charge is 0.155 e. The van der Waals surface area contributed by atoms with Crippen molar-refractivity contribution in [3.05, 3.63) is 29.6 Å². The molecule has 0 amide bonds. The number of hydrogen-bond acceptors (Lipinski definition) is 2. The molecule has 0 saturated carbocycles. The van der Waals surface area contributed by atoms with Gasteiger partial charge in [-0.15, -0.1) is 11.6 Å². The van der Waals surface area contributed by atoms with E-state index in [-0.39, 0.29) is 0 Å². The number of aromatic nitrogens is 2. The minimum absolute atomic E-state index is 0.509. The van der Waals surface area contributed by atoms with Crippen molar-refractivity contribution in [3.8, 4) is 0 Å². The molecule has 0 aromatic carbocycles. The van der Waals surface area contributed by atoms with E-state index in [0.29, 0.717) is 5.88 Å². The first-order valence-electron chi connectivity index (χ1n) is 3.36. The Balaban J connectivity index is 2.73. The zero-order valence-corrected chi connectivity index (χ0v) is 7.04. The summed E-state index contributed by atoms with van der Waals surface area (Å²) in [6.45, 7) is 1.90. The van der Waals surface area contributed by atoms with E-state index in [2.05, 4.69) is 10.2 Å². The molecule has 0 saturated heterocycles. The molecule has 3 heteroatoms. The smallest absolute Gasteiger partial charge is 0.0854 e. The molecule has 0 radical (unpaired) electrons. The summed E-state index contributed by atoms with van der Waals surface area (Å²) in [5, 5.41) is 7.81. The molecule has 11 heavy (non-hydrogen) atoms. The molecule has 0 aliphatic heterocycles. The van der Waals surface area contributed by atoms with Gasteiger partial charge in [0.05, 0.1) is 11.4 Å². The quantitative estimate of drug-likeness (QED) is 0.632. The van der Waals surface area contributed by atoms with Gasteiger partial charge in [0.2, 0.25) is 0 Å². The van der Waals surface area contributed by atoms with Crippen molar-refractivity contribution in [1.29, 1.82) is 0 Å². The van der Waals surface area contributed by atoms with Crippen molar-refractivity contribution in [2.24, 2.45) is 0 Å². The fraction of sp³-hybridized carbons (Fsp3) is 0.250. The van der Waals surface area contributed by atoms with Crippen LogP contribution in [0.25, 0.3) is 6.08 Å². The van der Waals surface area contributed by atoms with Crippen molar-refractivity contribution in [3.63, 3.8) is 0 Å². The van der Waals surface area contributed by atoms with Crippen LogP contribution in [-0.2, 0) is 0 Å². The minimum Gasteiger partial charge on any atom is -0.155 e. The Morgan fingerprint density at radius 2 is 2.27 bits per heavy atom. The summed E-state index contributed by atoms with van der Waals surface area (Å²) in [5.41, 5.74) is 1.77. The van der Waals surface area contributed by atoms with E-state index in [4.69, 9.17) is 11.6 Å². The number of alkyl halides is 1. The second kappa shape index (κ2) is 4.09. The third-order valence-corrected chi connectivity index (χ3v) is 1.37. The van der Waals surface area contributed by atoms with Gasteiger partial charge in [0.1, 0.15) is 0 Å². The van der Waals surface area contributed by atoms with Crippen molar-refractivity contribution in [2.75, 3.05) is 5.88 Å². The predicted molar refractivity (Wildman–Crippen MR) is 46.5 cm³/mol. The second-order valence-corrected chi connectivity index (χ2v) is 2.46. The molecule has 0 aliphatic carbocycles. The topological polar surface area (TPSA) is 25.8 Å². The zero-order valence-electron chi connectivity index (χ0n) is 6.29. The molecule has 0 spiro atoms. The van der Waals surface area contributed by atoms with E-state index in [1.165, 1.54) is 0 Å². The molecule has 0 fully saturated rings. The van der Waals surface area contributed by atoms with Crippen molar-refractivity contribution in [2.45, 2.75) is 6.92 Å². The summed E-state index contributed by atoms with van der Waals surface area (Å²) in [7, 11) is 0. The lowest BCUT2D eigenvalue weighted by molar-refractivity contribution is 0.969. The van der Waals surface area contributed by atoms with Crippen LogP contribution in [0.4, 0.5) is 0 Å². The highest BCUT2D eigenvalue weighted by Gasteiger charge is 1.87. The second-order valence-electron chi connectivity index (χ2n) is 2.16. The molecule has 0 bridgehead atoms. The van der Waals surface area contributed by atoms with Gasteiger partial charge in [-0.2, -0.15) is 10.2 Å². The van der Waals surface area contributed by atoms with Crippen LogP contribution in [0.15, 0.2) is 18.2 Å². The number of aryl methyl sites for hydroxylation is 1. The number of allylic oxidation sites excluding steroid dienone is 1. The van der Waals surface area contributed by atoms with Crippen LogP contribution in [0.2, 0.25) is 0 Å². The Morgan fingerprint density at radius 1 is 1.45 bits per heavy atom. The van der Waals surface area contributed by atoms with Gasteiger partial charge in [-0.1, -0.05) is 6.08 Å². The Kier molecular flexibility index (Phi) is 3.05. The molecule has 58 valence electrons. The molecule has 1 rings (SSSR count). The Hall–Kier alpha value is -0.890. The number of halogens is 1. The fourth-order valence-electron chi connectivity index (χ4n) is 0.663. The molecule has 1 heterocycles. The third-order valence-electron chi connectivity index (χ3n) is 1.20. The fourth-order valence-corrected chi connectivity index (χ4v) is 0.753. The molecule has 1 aromatic rings. The van der Waals surface area contributed by atoms with Crippen LogP contribution in [0.1, 0.15) is 11.4 Å². The molecule has 0 atom stereocenters. The predicted octanol–water partition coefficient (Wildman–Crippen LogP) is 2.04. The van der Waals surface area contributed by atoms with Crippen LogP contribution < -0.4 is 0 Å². The summed E-state index contributed by atoms with van der Waals surface area (Å²) in [6.07, 6.45) is 3.68. The summed E-state index contributed by atoms with van der Waals surface area (Å²) < 4.78 is 0. The van der Waals surface area contributed by atoms with Crippen LogP contribution in [-0.4, -0.2) is 16.1 Å². The maximum absolute atomic E-state index is 5.45. The van der Waals surface area contributed by atoms with E-state index in [9.17, 15) is 0 Å². The summed E-state index contributed by atoms with van der Waals surface area (Å²) in [4.78, 5) is 0. The van der Waals surface area contributed by atoms with Gasteiger partial charge in [-0.3, -0.25) is 0 Å². The summed E-state index contributed by atoms with van der Waals surface area (Å²) in [5.74, 6) is 0.509. The molecule has 0 unspecified atom stereocenters. The lowest BCUT2D eigenvalue weighted by Gasteiger charge is -1.90. The normalized spacial score (nSPS) is 10.7. The van der Waals surface area contributed by atoms with Gasteiger partial charge in [-0.05, 0) is 25.1 Å². The van der Waals surface area contributed by atoms with Gasteiger partial charge < -0.3 is 0 Å². The van der Waals surface area contributed by atoms with Gasteiger partial charge in [0, 0.05) is 5.88 Å². The minimum atomic E-state index is 0.509. The number of hydrogen-bond donors (Lipinski definition) is 0. The van der Waals surface area contributed by atoms with E-state index < -0.39 is 0 Å². The maximum atomic E-state index is 5.45. The van der Waals surface area contributed by atoms with Crippen molar-refractivity contribution >= 4 is 17.7 Å². The van der Waals surface area contributed by atoms with Gasteiger partial charge in [-0.25, -0.2) is 0 Å². The molecular formula is C8H9ClN2. The first-order valence-corrected chi connectivity index (χ1v) is 3.89. The van der Waals surface area contributed by atoms with Crippen molar-refractivity contribution < 1.29 is 0 Å². The maximum Gasteiger partial charge on any atom is 0.0854 e. The van der Waals surface area contributed by atoms with E-state index in [1.807, 2.05) is 31.2 Å². The Labute approximate surface area is 70.9 Å². The zero-order chi connectivity index (χ0) is 8.10. The van der Waals surface area contributed by atoms with Crippen molar-refractivity contribution in [1.82, 2.24) is 10.2 Å². The molecule has 0 N–H and O–H groups in total. The van der Waals surface area contributed by atoms with Gasteiger partial charge >= 0.3 is 0 Å². The third kappa shape index (κ3) is 2.68. The average Bonchev–Trinajstić information content (AvgIpc) is 2.04. The number of nitrogens with zero attached hydrogens (tertiary/aromatic N) is 2. The lowest BCUT2D eigenvalue weighted by atomic mass is 10.3. The highest BCUT2D eigenvalue weighted by Crippen LogP contribution is 1.97. The first kappa shape index (κ1) is 8.21. The van der Waals surface area contributed by atoms with Gasteiger partial charge in [0.15, 0.2) is 0 Å². The van der Waals surface area contributed by atoms with E-state index in [1.54, 1.807) is 0 Å². The standard InChI is InChI=1S/C8H9ClN2/c1-7-4-5-8(11-10-7)3-2-6-9/h2-5H,6H2,1H3. The highest BCUT2D eigenvalue weighted by molar-refractivity contribution is 6.19. The van der Waals surface area contributed by atoms with E-state index >= 15 is 0 Å². The molecule has 1 aromatic heterocycles. The molecular weight excluding hydrogens is 160 g/mol. The molecule has 0 aliphatic rings. The van der Waals surface area contributed by atoms with E-state index in [0.717, 1.165) is 11.4 Å². The van der Waals surface area contributed by atoms with Crippen LogP contribution in [0.3, 0.4) is 0 Å². The Bertz CT molecular complexity index is 241. The van der Waals surface area contributed by atoms with Gasteiger partial charge in [0.25, 0.3) is 0 Å². The molecule has 2 nitrogen and oxygen atoms in total. The monoisotopic (exact) mass is 168 g/mol. The average molecular weight is 169 g/mol. The van der Waals surface area contributed by atoms with Crippen LogP contribution in [0, 0.1) is 6.92 Å². The van der Waals surface area contributed by atoms with Crippen LogP contribution in [0.5, 0.6) is 0 Å². The first-order chi connectivity index (χ1) is 5.33. The highest BCUT2D eigenvalue weighted by atomic mass is 35.5. The lowest BCUT2D eigenvalue weighted by Crippen LogP contribution is -1.87. The SMILES string of the molecule is Cc1ccc(C=CCCl)nn1. The van der Waals surface area contributed by atoms with Crippen LogP contribution >= 0.6 is 11.6 Å². The summed E-state index contributed by atoms with van der Waals surface area (Å²) in [6, 6.07) is 3.83. The Morgan fingerprint density at radius 3 is 2.82 bits per heavy atom. The number of rotatable bonds is 2.